The summed E-state index contributed by atoms with van der Waals surface area (Å²) < 4.78 is 79.4. The number of benzene rings is 1. The van der Waals surface area contributed by atoms with Gasteiger partial charge in [-0.1, -0.05) is 19.1 Å². The maximum Gasteiger partial charge on any atom is 0.433 e. The molecule has 0 aliphatic rings. The van der Waals surface area contributed by atoms with Crippen LogP contribution in [0.25, 0.3) is 32.2 Å². The van der Waals surface area contributed by atoms with Crippen molar-refractivity contribution in [2.75, 3.05) is 5.75 Å². The molecular weight excluding hydrogens is 472 g/mol. The largest absolute Gasteiger partial charge is 0.433 e. The molecule has 0 N–H and O–H groups in total. The van der Waals surface area contributed by atoms with Crippen molar-refractivity contribution in [3.63, 3.8) is 0 Å². The van der Waals surface area contributed by atoms with Crippen LogP contribution in [0, 0.1) is 0 Å². The van der Waals surface area contributed by atoms with Crippen LogP contribution in [-0.2, 0) is 19.4 Å². The second kappa shape index (κ2) is 8.11. The van der Waals surface area contributed by atoms with Gasteiger partial charge >= 0.3 is 12.4 Å². The normalized spacial score (nSPS) is 12.6. The van der Waals surface area contributed by atoms with E-state index in [1.54, 1.807) is 11.6 Å². The SMILES string of the molecule is CCSc1cc(-c2ccc(C(F)(F)F)cc2)sc1-c1nc2cc(C(F)(F)F)ncc2n1C. The molecule has 3 heterocycles. The Morgan fingerprint density at radius 2 is 1.69 bits per heavy atom. The lowest BCUT2D eigenvalue weighted by molar-refractivity contribution is -0.141. The fraction of sp³-hybridized carbons (Fsp3) is 0.238. The van der Waals surface area contributed by atoms with Crippen molar-refractivity contribution in [1.29, 1.82) is 0 Å². The molecule has 4 aromatic rings. The van der Waals surface area contributed by atoms with Gasteiger partial charge in [-0.3, -0.25) is 0 Å². The molecule has 0 fully saturated rings. The Morgan fingerprint density at radius 1 is 1.00 bits per heavy atom. The second-order valence-corrected chi connectivity index (χ2v) is 9.22. The van der Waals surface area contributed by atoms with E-state index >= 15 is 0 Å². The number of halogens is 6. The minimum Gasteiger partial charge on any atom is -0.325 e. The van der Waals surface area contributed by atoms with Gasteiger partial charge in [0, 0.05) is 16.8 Å². The van der Waals surface area contributed by atoms with E-state index in [1.165, 1.54) is 35.2 Å². The maximum absolute atomic E-state index is 13.0. The highest BCUT2D eigenvalue weighted by atomic mass is 32.2. The summed E-state index contributed by atoms with van der Waals surface area (Å²) in [5.41, 5.74) is -0.516. The number of rotatable bonds is 4. The smallest absolute Gasteiger partial charge is 0.325 e. The Labute approximate surface area is 187 Å². The third-order valence-electron chi connectivity index (χ3n) is 4.76. The van der Waals surface area contributed by atoms with Gasteiger partial charge in [-0.25, -0.2) is 9.97 Å². The lowest BCUT2D eigenvalue weighted by Gasteiger charge is -2.06. The van der Waals surface area contributed by atoms with Crippen LogP contribution in [0.3, 0.4) is 0 Å². The highest BCUT2D eigenvalue weighted by Crippen LogP contribution is 2.44. The van der Waals surface area contributed by atoms with Gasteiger partial charge in [0.1, 0.15) is 5.69 Å². The van der Waals surface area contributed by atoms with Crippen LogP contribution in [0.1, 0.15) is 18.2 Å². The van der Waals surface area contributed by atoms with E-state index in [1.807, 2.05) is 13.0 Å². The Bertz CT molecular complexity index is 1270. The lowest BCUT2D eigenvalue weighted by Crippen LogP contribution is -2.07. The van der Waals surface area contributed by atoms with Crippen LogP contribution < -0.4 is 0 Å². The average molecular weight is 487 g/mol. The fourth-order valence-electron chi connectivity index (χ4n) is 3.21. The van der Waals surface area contributed by atoms with Crippen molar-refractivity contribution in [2.45, 2.75) is 24.2 Å². The number of nitrogens with zero attached hydrogens (tertiary/aromatic N) is 3. The first-order valence-electron chi connectivity index (χ1n) is 9.33. The van der Waals surface area contributed by atoms with Crippen molar-refractivity contribution < 1.29 is 26.3 Å². The maximum atomic E-state index is 13.0. The van der Waals surface area contributed by atoms with Gasteiger partial charge in [0.2, 0.25) is 0 Å². The summed E-state index contributed by atoms with van der Waals surface area (Å²) in [5.74, 6) is 1.21. The number of aromatic nitrogens is 3. The first kappa shape index (κ1) is 22.7. The molecule has 32 heavy (non-hydrogen) atoms. The molecule has 0 amide bonds. The topological polar surface area (TPSA) is 30.7 Å². The third kappa shape index (κ3) is 4.23. The summed E-state index contributed by atoms with van der Waals surface area (Å²) in [5, 5.41) is 0. The molecule has 3 aromatic heterocycles. The van der Waals surface area contributed by atoms with Gasteiger partial charge in [-0.05, 0) is 35.6 Å². The monoisotopic (exact) mass is 487 g/mol. The zero-order valence-corrected chi connectivity index (χ0v) is 18.3. The van der Waals surface area contributed by atoms with Crippen molar-refractivity contribution in [3.05, 3.63) is 53.9 Å². The van der Waals surface area contributed by atoms with Crippen LogP contribution in [0.15, 0.2) is 47.5 Å². The third-order valence-corrected chi connectivity index (χ3v) is 6.99. The van der Waals surface area contributed by atoms with E-state index in [0.717, 1.165) is 44.8 Å². The van der Waals surface area contributed by atoms with Crippen LogP contribution in [0.2, 0.25) is 0 Å². The Kier molecular flexibility index (Phi) is 5.74. The Hall–Kier alpha value is -2.53. The zero-order chi connectivity index (χ0) is 23.3. The number of hydrogen-bond acceptors (Lipinski definition) is 4. The van der Waals surface area contributed by atoms with Crippen molar-refractivity contribution in [1.82, 2.24) is 14.5 Å². The molecule has 4 rings (SSSR count). The van der Waals surface area contributed by atoms with E-state index < -0.39 is 23.6 Å². The molecule has 0 aliphatic heterocycles. The molecule has 0 radical (unpaired) electrons. The van der Waals surface area contributed by atoms with Crippen molar-refractivity contribution in [2.24, 2.45) is 7.05 Å². The number of hydrogen-bond donors (Lipinski definition) is 0. The van der Waals surface area contributed by atoms with E-state index in [4.69, 9.17) is 0 Å². The second-order valence-electron chi connectivity index (χ2n) is 6.86. The zero-order valence-electron chi connectivity index (χ0n) is 16.7. The molecule has 0 spiro atoms. The molecule has 1 aromatic carbocycles. The predicted octanol–water partition coefficient (Wildman–Crippen LogP) is 7.51. The van der Waals surface area contributed by atoms with Crippen LogP contribution >= 0.6 is 23.1 Å². The first-order valence-corrected chi connectivity index (χ1v) is 11.1. The van der Waals surface area contributed by atoms with Crippen LogP contribution in [0.4, 0.5) is 26.3 Å². The molecule has 0 aliphatic carbocycles. The standard InChI is InChI=1S/C21H15F6N3S2/c1-3-31-16-9-15(11-4-6-12(7-5-11)20(22,23)24)32-18(16)19-29-13-8-17(21(25,26)27)28-10-14(13)30(19)2/h4-10H,3H2,1-2H3. The molecular formula is C21H15F6N3S2. The van der Waals surface area contributed by atoms with E-state index in [9.17, 15) is 26.3 Å². The number of fused-ring (bicyclic) bond motifs is 1. The number of thiophene rings is 1. The summed E-state index contributed by atoms with van der Waals surface area (Å²) in [6, 6.07) is 7.66. The summed E-state index contributed by atoms with van der Waals surface area (Å²) in [4.78, 5) is 10.3. The van der Waals surface area contributed by atoms with Crippen LogP contribution in [-0.4, -0.2) is 20.3 Å². The number of alkyl halides is 6. The van der Waals surface area contributed by atoms with E-state index in [2.05, 4.69) is 9.97 Å². The summed E-state index contributed by atoms with van der Waals surface area (Å²) >= 11 is 2.86. The predicted molar refractivity (Wildman–Crippen MR) is 114 cm³/mol. The molecule has 0 saturated heterocycles. The molecule has 3 nitrogen and oxygen atoms in total. The van der Waals surface area contributed by atoms with Gasteiger partial charge < -0.3 is 4.57 Å². The highest BCUT2D eigenvalue weighted by molar-refractivity contribution is 7.99. The van der Waals surface area contributed by atoms with E-state index in [-0.39, 0.29) is 5.52 Å². The Morgan fingerprint density at radius 3 is 2.28 bits per heavy atom. The lowest BCUT2D eigenvalue weighted by atomic mass is 10.1. The minimum atomic E-state index is -4.58. The number of thioether (sulfide) groups is 1. The highest BCUT2D eigenvalue weighted by Gasteiger charge is 2.33. The first-order chi connectivity index (χ1) is 15.0. The quantitative estimate of drug-likeness (QED) is 0.220. The van der Waals surface area contributed by atoms with Gasteiger partial charge in [0.05, 0.1) is 27.7 Å². The van der Waals surface area contributed by atoms with Gasteiger partial charge in [0.25, 0.3) is 0 Å². The Balaban J connectivity index is 1.81. The summed E-state index contributed by atoms with van der Waals surface area (Å²) in [6.07, 6.45) is -7.85. The number of pyridine rings is 1. The molecule has 11 heteroatoms. The average Bonchev–Trinajstić information content (AvgIpc) is 3.28. The van der Waals surface area contributed by atoms with Gasteiger partial charge in [0.15, 0.2) is 5.82 Å². The minimum absolute atomic E-state index is 0.168. The molecule has 0 bridgehead atoms. The van der Waals surface area contributed by atoms with Gasteiger partial charge in [-0.2, -0.15) is 26.3 Å². The molecule has 168 valence electrons. The van der Waals surface area contributed by atoms with Gasteiger partial charge in [-0.15, -0.1) is 23.1 Å². The molecule has 0 unspecified atom stereocenters. The number of aryl methyl sites for hydroxylation is 1. The van der Waals surface area contributed by atoms with Crippen LogP contribution in [0.5, 0.6) is 0 Å². The molecule has 0 atom stereocenters. The summed E-state index contributed by atoms with van der Waals surface area (Å²) in [6.45, 7) is 1.96. The van der Waals surface area contributed by atoms with Crippen molar-refractivity contribution in [3.8, 4) is 21.1 Å². The number of imidazole rings is 1. The van der Waals surface area contributed by atoms with E-state index in [0.29, 0.717) is 16.9 Å². The molecule has 0 saturated carbocycles. The summed E-state index contributed by atoms with van der Waals surface area (Å²) in [7, 11) is 1.69. The fourth-order valence-corrected chi connectivity index (χ4v) is 5.40. The van der Waals surface area contributed by atoms with Crippen molar-refractivity contribution >= 4 is 34.1 Å².